The predicted octanol–water partition coefficient (Wildman–Crippen LogP) is 3.62. The smallest absolute Gasteiger partial charge is 0.137 e. The maximum Gasteiger partial charge on any atom is 0.137 e. The Kier molecular flexibility index (Phi) is 5.36. The van der Waals surface area contributed by atoms with E-state index < -0.39 is 0 Å². The van der Waals surface area contributed by atoms with Crippen molar-refractivity contribution in [1.82, 2.24) is 4.90 Å². The van der Waals surface area contributed by atoms with Crippen molar-refractivity contribution < 1.29 is 4.79 Å². The Morgan fingerprint density at radius 2 is 2.00 bits per heavy atom. The number of rotatable bonds is 5. The Hall–Kier alpha value is -1.15. The minimum atomic E-state index is 0.393. The van der Waals surface area contributed by atoms with Crippen LogP contribution in [0.2, 0.25) is 0 Å². The van der Waals surface area contributed by atoms with Gasteiger partial charge in [0, 0.05) is 25.4 Å². The van der Waals surface area contributed by atoms with Gasteiger partial charge in [0.15, 0.2) is 0 Å². The molecule has 0 saturated carbocycles. The standard InChI is InChI=1S/C18H27NO/c1-14(2)19-10-4-5-17(13-19)12-18(20)11-16-8-6-15(3)7-9-16/h6-9,14,17H,4-5,10-13H2,1-3H3/t17-/m0/s1. The van der Waals surface area contributed by atoms with Gasteiger partial charge in [0.25, 0.3) is 0 Å². The van der Waals surface area contributed by atoms with Crippen LogP contribution < -0.4 is 0 Å². The zero-order valence-electron chi connectivity index (χ0n) is 13.1. The number of aryl methyl sites for hydroxylation is 1. The molecule has 20 heavy (non-hydrogen) atoms. The average Bonchev–Trinajstić information content (AvgIpc) is 2.41. The maximum absolute atomic E-state index is 12.2. The highest BCUT2D eigenvalue weighted by molar-refractivity contribution is 5.81. The lowest BCUT2D eigenvalue weighted by Crippen LogP contribution is -2.40. The molecule has 0 bridgehead atoms. The third-order valence-corrected chi connectivity index (χ3v) is 4.32. The molecule has 2 heteroatoms. The van der Waals surface area contributed by atoms with Gasteiger partial charge < -0.3 is 4.90 Å². The summed E-state index contributed by atoms with van der Waals surface area (Å²) in [4.78, 5) is 14.7. The number of carbonyl (C=O) groups excluding carboxylic acids is 1. The number of nitrogens with zero attached hydrogens (tertiary/aromatic N) is 1. The van der Waals surface area contributed by atoms with Crippen molar-refractivity contribution in [3.05, 3.63) is 35.4 Å². The fraction of sp³-hybridized carbons (Fsp3) is 0.611. The molecule has 0 radical (unpaired) electrons. The van der Waals surface area contributed by atoms with Crippen LogP contribution in [0, 0.1) is 12.8 Å². The lowest BCUT2D eigenvalue weighted by Gasteiger charge is -2.35. The summed E-state index contributed by atoms with van der Waals surface area (Å²) in [6, 6.07) is 8.93. The summed E-state index contributed by atoms with van der Waals surface area (Å²) < 4.78 is 0. The molecule has 1 aliphatic rings. The summed E-state index contributed by atoms with van der Waals surface area (Å²) >= 11 is 0. The van der Waals surface area contributed by atoms with Crippen molar-refractivity contribution in [2.75, 3.05) is 13.1 Å². The summed E-state index contributed by atoms with van der Waals surface area (Å²) in [7, 11) is 0. The van der Waals surface area contributed by atoms with Crippen molar-refractivity contribution in [2.45, 2.75) is 52.5 Å². The molecule has 2 nitrogen and oxygen atoms in total. The Morgan fingerprint density at radius 1 is 1.30 bits per heavy atom. The molecule has 0 aliphatic carbocycles. The van der Waals surface area contributed by atoms with E-state index in [0.717, 1.165) is 18.5 Å². The van der Waals surface area contributed by atoms with Crippen LogP contribution in [0.25, 0.3) is 0 Å². The van der Waals surface area contributed by atoms with E-state index in [1.54, 1.807) is 0 Å². The van der Waals surface area contributed by atoms with Crippen LogP contribution in [0.15, 0.2) is 24.3 Å². The fourth-order valence-electron chi connectivity index (χ4n) is 3.06. The molecule has 1 aliphatic heterocycles. The highest BCUT2D eigenvalue weighted by atomic mass is 16.1. The lowest BCUT2D eigenvalue weighted by molar-refractivity contribution is -0.119. The van der Waals surface area contributed by atoms with E-state index in [1.165, 1.54) is 24.9 Å². The maximum atomic E-state index is 12.2. The van der Waals surface area contributed by atoms with E-state index in [4.69, 9.17) is 0 Å². The largest absolute Gasteiger partial charge is 0.301 e. The third kappa shape index (κ3) is 4.45. The van der Waals surface area contributed by atoms with E-state index >= 15 is 0 Å². The van der Waals surface area contributed by atoms with Gasteiger partial charge in [0.1, 0.15) is 5.78 Å². The van der Waals surface area contributed by atoms with Gasteiger partial charge in [-0.2, -0.15) is 0 Å². The molecule has 1 saturated heterocycles. The van der Waals surface area contributed by atoms with Crippen molar-refractivity contribution >= 4 is 5.78 Å². The molecule has 1 atom stereocenters. The summed E-state index contributed by atoms with van der Waals surface area (Å²) in [6.07, 6.45) is 3.79. The fourth-order valence-corrected chi connectivity index (χ4v) is 3.06. The number of hydrogen-bond donors (Lipinski definition) is 0. The van der Waals surface area contributed by atoms with E-state index in [1.807, 2.05) is 0 Å². The van der Waals surface area contributed by atoms with Crippen LogP contribution >= 0.6 is 0 Å². The highest BCUT2D eigenvalue weighted by Gasteiger charge is 2.23. The molecule has 1 fully saturated rings. The van der Waals surface area contributed by atoms with E-state index in [9.17, 15) is 4.79 Å². The predicted molar refractivity (Wildman–Crippen MR) is 83.9 cm³/mol. The monoisotopic (exact) mass is 273 g/mol. The molecule has 110 valence electrons. The molecule has 0 aromatic heterocycles. The minimum absolute atomic E-state index is 0.393. The number of Topliss-reactive ketones (excluding diaryl/α,β-unsaturated/α-hetero) is 1. The Morgan fingerprint density at radius 3 is 2.65 bits per heavy atom. The van der Waals surface area contributed by atoms with Gasteiger partial charge in [0.2, 0.25) is 0 Å². The topological polar surface area (TPSA) is 20.3 Å². The first-order valence-corrected chi connectivity index (χ1v) is 7.86. The average molecular weight is 273 g/mol. The second-order valence-electron chi connectivity index (χ2n) is 6.50. The summed E-state index contributed by atoms with van der Waals surface area (Å²) in [5.41, 5.74) is 2.40. The Labute approximate surface area is 123 Å². The first kappa shape index (κ1) is 15.2. The van der Waals surface area contributed by atoms with Gasteiger partial charge in [-0.25, -0.2) is 0 Å². The Balaban J connectivity index is 1.83. The van der Waals surface area contributed by atoms with E-state index in [0.29, 0.717) is 24.2 Å². The van der Waals surface area contributed by atoms with Gasteiger partial charge in [-0.3, -0.25) is 4.79 Å². The van der Waals surface area contributed by atoms with Gasteiger partial charge in [0.05, 0.1) is 0 Å². The molecule has 0 N–H and O–H groups in total. The second kappa shape index (κ2) is 7.03. The molecule has 0 unspecified atom stereocenters. The van der Waals surface area contributed by atoms with E-state index in [2.05, 4.69) is 49.9 Å². The second-order valence-corrected chi connectivity index (χ2v) is 6.50. The zero-order chi connectivity index (χ0) is 14.5. The molecule has 0 spiro atoms. The highest BCUT2D eigenvalue weighted by Crippen LogP contribution is 2.22. The SMILES string of the molecule is Cc1ccc(CC(=O)C[C@@H]2CCCN(C(C)C)C2)cc1. The first-order chi connectivity index (χ1) is 9.54. The van der Waals surface area contributed by atoms with Crippen molar-refractivity contribution in [3.8, 4) is 0 Å². The van der Waals surface area contributed by atoms with Crippen LogP contribution in [-0.2, 0) is 11.2 Å². The van der Waals surface area contributed by atoms with E-state index in [-0.39, 0.29) is 0 Å². The van der Waals surface area contributed by atoms with Crippen LogP contribution in [-0.4, -0.2) is 29.8 Å². The van der Waals surface area contributed by atoms with Gasteiger partial charge in [-0.15, -0.1) is 0 Å². The number of likely N-dealkylation sites (tertiary alicyclic amines) is 1. The van der Waals surface area contributed by atoms with Crippen LogP contribution in [0.4, 0.5) is 0 Å². The first-order valence-electron chi connectivity index (χ1n) is 7.86. The summed E-state index contributed by atoms with van der Waals surface area (Å²) in [5.74, 6) is 0.952. The van der Waals surface area contributed by atoms with Gasteiger partial charge in [-0.05, 0) is 51.6 Å². The molecule has 1 aromatic rings. The quantitative estimate of drug-likeness (QED) is 0.816. The summed E-state index contributed by atoms with van der Waals surface area (Å²) in [5, 5.41) is 0. The number of piperidine rings is 1. The molecule has 2 rings (SSSR count). The molecule has 1 heterocycles. The number of hydrogen-bond acceptors (Lipinski definition) is 2. The van der Waals surface area contributed by atoms with Crippen molar-refractivity contribution in [3.63, 3.8) is 0 Å². The molecule has 1 aromatic carbocycles. The minimum Gasteiger partial charge on any atom is -0.301 e. The number of ketones is 1. The number of benzene rings is 1. The molecular formula is C18H27NO. The third-order valence-electron chi connectivity index (χ3n) is 4.32. The Bertz CT molecular complexity index is 435. The molecular weight excluding hydrogens is 246 g/mol. The number of carbonyl (C=O) groups is 1. The van der Waals surface area contributed by atoms with Gasteiger partial charge in [-0.1, -0.05) is 29.8 Å². The van der Waals surface area contributed by atoms with Crippen LogP contribution in [0.1, 0.15) is 44.2 Å². The normalized spacial score (nSPS) is 20.3. The van der Waals surface area contributed by atoms with Crippen LogP contribution in [0.5, 0.6) is 0 Å². The molecule has 0 amide bonds. The van der Waals surface area contributed by atoms with Crippen LogP contribution in [0.3, 0.4) is 0 Å². The zero-order valence-corrected chi connectivity index (χ0v) is 13.1. The van der Waals surface area contributed by atoms with Crippen molar-refractivity contribution in [1.29, 1.82) is 0 Å². The van der Waals surface area contributed by atoms with Gasteiger partial charge >= 0.3 is 0 Å². The van der Waals surface area contributed by atoms with Crippen molar-refractivity contribution in [2.24, 2.45) is 5.92 Å². The lowest BCUT2D eigenvalue weighted by atomic mass is 9.90. The summed E-state index contributed by atoms with van der Waals surface area (Å²) in [6.45, 7) is 8.86.